The van der Waals surface area contributed by atoms with Crippen LogP contribution in [-0.4, -0.2) is 34.7 Å². The highest BCUT2D eigenvalue weighted by Gasteiger charge is 2.48. The summed E-state index contributed by atoms with van der Waals surface area (Å²) >= 11 is 0. The van der Waals surface area contributed by atoms with Gasteiger partial charge in [-0.1, -0.05) is 6.07 Å². The number of imide groups is 1. The largest absolute Gasteiger partial charge is 0.320 e. The van der Waals surface area contributed by atoms with Crippen LogP contribution in [-0.2, 0) is 29.1 Å². The van der Waals surface area contributed by atoms with Crippen molar-refractivity contribution in [2.24, 2.45) is 0 Å². The second kappa shape index (κ2) is 4.89. The van der Waals surface area contributed by atoms with Gasteiger partial charge in [0.25, 0.3) is 11.8 Å². The molecule has 0 aromatic heterocycles. The average Bonchev–Trinajstić information content (AvgIpc) is 2.89. The number of hydrogen-bond acceptors (Lipinski definition) is 4. The molecule has 6 nitrogen and oxygen atoms in total. The Labute approximate surface area is 134 Å². The molecule has 1 atom stereocenters. The molecule has 0 bridgehead atoms. The zero-order valence-corrected chi connectivity index (χ0v) is 13.1. The fraction of sp³-hybridized carbons (Fsp3) is 0.471. The van der Waals surface area contributed by atoms with Gasteiger partial charge in [0.05, 0.1) is 0 Å². The molecule has 2 N–H and O–H groups in total. The molecule has 1 aromatic rings. The minimum Gasteiger partial charge on any atom is -0.320 e. The van der Waals surface area contributed by atoms with Crippen molar-refractivity contribution >= 4 is 17.7 Å². The van der Waals surface area contributed by atoms with Gasteiger partial charge in [0.15, 0.2) is 0 Å². The van der Waals surface area contributed by atoms with Gasteiger partial charge in [-0.25, -0.2) is 0 Å². The number of hydrogen-bond donors (Lipinski definition) is 2. The first-order chi connectivity index (χ1) is 11.0. The van der Waals surface area contributed by atoms with E-state index in [9.17, 15) is 14.4 Å². The Morgan fingerprint density at radius 3 is 2.74 bits per heavy atom. The van der Waals surface area contributed by atoms with Gasteiger partial charge in [-0.2, -0.15) is 0 Å². The summed E-state index contributed by atoms with van der Waals surface area (Å²) in [7, 11) is 0. The fourth-order valence-electron chi connectivity index (χ4n) is 3.86. The molecule has 4 rings (SSSR count). The van der Waals surface area contributed by atoms with Crippen LogP contribution in [0.2, 0.25) is 0 Å². The van der Waals surface area contributed by atoms with Gasteiger partial charge in [0.1, 0.15) is 5.54 Å². The third-order valence-corrected chi connectivity index (χ3v) is 5.36. The number of amides is 3. The lowest BCUT2D eigenvalue weighted by Gasteiger charge is -2.39. The van der Waals surface area contributed by atoms with E-state index in [-0.39, 0.29) is 24.1 Å². The van der Waals surface area contributed by atoms with E-state index < -0.39 is 5.54 Å². The van der Waals surface area contributed by atoms with Crippen LogP contribution in [0.15, 0.2) is 12.1 Å². The number of carbonyl (C=O) groups excluding carboxylic acids is 3. The Hall–Kier alpha value is -2.21. The van der Waals surface area contributed by atoms with Crippen molar-refractivity contribution < 1.29 is 14.4 Å². The molecule has 3 amide bonds. The number of nitrogens with one attached hydrogen (secondary N) is 2. The van der Waals surface area contributed by atoms with E-state index in [1.165, 1.54) is 11.1 Å². The van der Waals surface area contributed by atoms with Crippen LogP contribution in [0.5, 0.6) is 0 Å². The average molecular weight is 313 g/mol. The summed E-state index contributed by atoms with van der Waals surface area (Å²) in [6.45, 7) is 3.94. The third-order valence-electron chi connectivity index (χ3n) is 5.36. The topological polar surface area (TPSA) is 78.5 Å². The molecule has 0 spiro atoms. The summed E-state index contributed by atoms with van der Waals surface area (Å²) in [5.74, 6) is -0.737. The summed E-state index contributed by atoms with van der Waals surface area (Å²) in [4.78, 5) is 38.3. The lowest BCUT2D eigenvalue weighted by atomic mass is 9.89. The van der Waals surface area contributed by atoms with Gasteiger partial charge in [0, 0.05) is 25.1 Å². The second-order valence-corrected chi connectivity index (χ2v) is 6.70. The highest BCUT2D eigenvalue weighted by molar-refractivity contribution is 6.07. The quantitative estimate of drug-likeness (QED) is 0.739. The third kappa shape index (κ3) is 2.01. The van der Waals surface area contributed by atoms with Crippen molar-refractivity contribution in [1.82, 2.24) is 15.5 Å². The van der Waals surface area contributed by atoms with E-state index in [1.807, 2.05) is 12.1 Å². The maximum absolute atomic E-state index is 12.9. The molecule has 1 unspecified atom stereocenters. The van der Waals surface area contributed by atoms with Crippen molar-refractivity contribution in [3.05, 3.63) is 34.4 Å². The lowest BCUT2D eigenvalue weighted by Crippen LogP contribution is -2.61. The van der Waals surface area contributed by atoms with Crippen molar-refractivity contribution in [3.8, 4) is 0 Å². The van der Waals surface area contributed by atoms with E-state index in [4.69, 9.17) is 0 Å². The molecular weight excluding hydrogens is 294 g/mol. The molecular formula is C17H19N3O3. The molecule has 0 saturated carbocycles. The lowest BCUT2D eigenvalue weighted by molar-refractivity contribution is -0.142. The van der Waals surface area contributed by atoms with Crippen LogP contribution in [0.3, 0.4) is 0 Å². The fourth-order valence-corrected chi connectivity index (χ4v) is 3.86. The number of piperidine rings is 1. The molecule has 3 heterocycles. The van der Waals surface area contributed by atoms with Gasteiger partial charge < -0.3 is 10.2 Å². The first-order valence-electron chi connectivity index (χ1n) is 8.01. The number of benzene rings is 1. The molecule has 1 aromatic carbocycles. The number of rotatable bonds is 1. The van der Waals surface area contributed by atoms with Crippen molar-refractivity contribution in [2.75, 3.05) is 6.54 Å². The number of nitrogens with zero attached hydrogens (tertiary/aromatic N) is 1. The van der Waals surface area contributed by atoms with Crippen LogP contribution in [0, 0.1) is 0 Å². The van der Waals surface area contributed by atoms with Gasteiger partial charge in [-0.15, -0.1) is 0 Å². The Kier molecular flexibility index (Phi) is 3.06. The summed E-state index contributed by atoms with van der Waals surface area (Å²) < 4.78 is 0. The van der Waals surface area contributed by atoms with Crippen molar-refractivity contribution in [3.63, 3.8) is 0 Å². The summed E-state index contributed by atoms with van der Waals surface area (Å²) in [6.07, 6.45) is 1.55. The zero-order valence-electron chi connectivity index (χ0n) is 13.1. The van der Waals surface area contributed by atoms with Gasteiger partial charge in [0.2, 0.25) is 5.91 Å². The smallest absolute Gasteiger partial charge is 0.255 e. The van der Waals surface area contributed by atoms with E-state index in [1.54, 1.807) is 11.8 Å². The second-order valence-electron chi connectivity index (χ2n) is 6.70. The van der Waals surface area contributed by atoms with E-state index in [2.05, 4.69) is 10.6 Å². The summed E-state index contributed by atoms with van der Waals surface area (Å²) in [5, 5.41) is 5.71. The number of carbonyl (C=O) groups is 3. The molecule has 120 valence electrons. The monoisotopic (exact) mass is 313 g/mol. The SMILES string of the molecule is CC1(N2Cc3c(ccc4c3CCNC4)C2=O)CCC(=O)NC1=O. The maximum atomic E-state index is 12.9. The van der Waals surface area contributed by atoms with Crippen LogP contribution in [0.1, 0.15) is 46.8 Å². The predicted octanol–water partition coefficient (Wildman–Crippen LogP) is 0.483. The highest BCUT2D eigenvalue weighted by Crippen LogP contribution is 2.36. The standard InChI is InChI=1S/C17H19N3O3/c1-17(6-4-14(21)19-16(17)23)20-9-13-11-5-7-18-8-10(11)2-3-12(13)15(20)22/h2-3,18H,4-9H2,1H3,(H,19,21,23). The molecule has 0 aliphatic carbocycles. The highest BCUT2D eigenvalue weighted by atomic mass is 16.2. The summed E-state index contributed by atoms with van der Waals surface area (Å²) in [6, 6.07) is 3.88. The van der Waals surface area contributed by atoms with E-state index in [0.717, 1.165) is 25.1 Å². The van der Waals surface area contributed by atoms with Gasteiger partial charge in [-0.3, -0.25) is 19.7 Å². The number of fused-ring (bicyclic) bond motifs is 3. The molecule has 23 heavy (non-hydrogen) atoms. The minimum atomic E-state index is -0.955. The van der Waals surface area contributed by atoms with Crippen molar-refractivity contribution in [1.29, 1.82) is 0 Å². The molecule has 3 aliphatic heterocycles. The molecule has 1 fully saturated rings. The Morgan fingerprint density at radius 2 is 1.96 bits per heavy atom. The van der Waals surface area contributed by atoms with E-state index in [0.29, 0.717) is 18.5 Å². The molecule has 1 saturated heterocycles. The van der Waals surface area contributed by atoms with Gasteiger partial charge >= 0.3 is 0 Å². The minimum absolute atomic E-state index is 0.103. The molecule has 3 aliphatic rings. The van der Waals surface area contributed by atoms with Crippen LogP contribution in [0.4, 0.5) is 0 Å². The summed E-state index contributed by atoms with van der Waals surface area (Å²) in [5.41, 5.74) is 3.28. The van der Waals surface area contributed by atoms with Crippen LogP contribution < -0.4 is 10.6 Å². The Balaban J connectivity index is 1.72. The van der Waals surface area contributed by atoms with Crippen molar-refractivity contribution in [2.45, 2.75) is 44.8 Å². The normalized spacial score (nSPS) is 26.8. The predicted molar refractivity (Wildman–Crippen MR) is 82.5 cm³/mol. The Bertz CT molecular complexity index is 743. The van der Waals surface area contributed by atoms with Crippen LogP contribution in [0.25, 0.3) is 0 Å². The zero-order chi connectivity index (χ0) is 16.2. The Morgan fingerprint density at radius 1 is 1.13 bits per heavy atom. The first-order valence-corrected chi connectivity index (χ1v) is 8.01. The molecule has 0 radical (unpaired) electrons. The molecule has 6 heteroatoms. The van der Waals surface area contributed by atoms with Crippen LogP contribution >= 0.6 is 0 Å². The first kappa shape index (κ1) is 14.4. The van der Waals surface area contributed by atoms with E-state index >= 15 is 0 Å². The maximum Gasteiger partial charge on any atom is 0.255 e. The van der Waals surface area contributed by atoms with Gasteiger partial charge in [-0.05, 0) is 49.1 Å².